The second-order valence-electron chi connectivity index (χ2n) is 8.32. The van der Waals surface area contributed by atoms with Crippen molar-refractivity contribution >= 4 is 69.0 Å². The van der Waals surface area contributed by atoms with E-state index in [9.17, 15) is 38.4 Å². The molecule has 0 aromatic carbocycles. The zero-order valence-electron chi connectivity index (χ0n) is 21.2. The number of carboxylic acid groups (broad SMARTS) is 4. The Hall–Kier alpha value is -3.42. The van der Waals surface area contributed by atoms with E-state index in [0.717, 1.165) is 21.6 Å². The van der Waals surface area contributed by atoms with E-state index in [1.807, 2.05) is 0 Å². The van der Waals surface area contributed by atoms with Crippen LogP contribution in [0.3, 0.4) is 0 Å². The zero-order valence-corrected chi connectivity index (χ0v) is 22.8. The van der Waals surface area contributed by atoms with Crippen LogP contribution in [-0.4, -0.2) is 111 Å². The minimum Gasteiger partial charge on any atom is -0.480 e. The molecule has 40 heavy (non-hydrogen) atoms. The molecule has 0 spiro atoms. The Morgan fingerprint density at radius 1 is 0.675 bits per heavy atom. The van der Waals surface area contributed by atoms with Crippen molar-refractivity contribution in [1.82, 2.24) is 16.0 Å². The number of hydrogen-bond acceptors (Lipinski definition) is 12. The van der Waals surface area contributed by atoms with Gasteiger partial charge in [0.15, 0.2) is 0 Å². The van der Waals surface area contributed by atoms with Gasteiger partial charge in [0.25, 0.3) is 0 Å². The molecule has 0 fully saturated rings. The van der Waals surface area contributed by atoms with Gasteiger partial charge in [0.05, 0.1) is 5.92 Å². The van der Waals surface area contributed by atoms with Crippen molar-refractivity contribution in [1.29, 1.82) is 0 Å². The Morgan fingerprint density at radius 2 is 1.15 bits per heavy atom. The molecule has 4 atom stereocenters. The molecule has 0 unspecified atom stereocenters. The fourth-order valence-corrected chi connectivity index (χ4v) is 5.22. The van der Waals surface area contributed by atoms with Gasteiger partial charge in [0, 0.05) is 30.8 Å². The number of nitrogens with one attached hydrogen (secondary N) is 3. The fraction of sp³-hybridized carbons (Fsp3) is 0.619. The van der Waals surface area contributed by atoms with Gasteiger partial charge in [0.1, 0.15) is 37.0 Å². The maximum atomic E-state index is 12.4. The summed E-state index contributed by atoms with van der Waals surface area (Å²) in [6.45, 7) is -1.43. The maximum Gasteiger partial charge on any atom is 0.322 e. The summed E-state index contributed by atoms with van der Waals surface area (Å²) in [5, 5.41) is 41.8. The number of hydrogen-bond donors (Lipinski definition) is 9. The number of rotatable bonds is 22. The summed E-state index contributed by atoms with van der Waals surface area (Å²) in [7, 11) is 1.99. The molecule has 0 aliphatic rings. The standard InChI is InChI=1S/C21H33N5O12S2/c22-12(20(35)36)2-1-11(27)5-10(18(33)24-6-16(29)30)8-39-40-9-14(19(34)25-7-17(31)32)26-15(28)4-3-13(23)21(37)38/h10,12-14H,1-9,22-23H2,(H,24,33)(H,25,34)(H,26,28)(H,29,30)(H,31,32)(H,35,36)(H,37,38)/t10-,12-,13-,14-/m1/s1. The molecule has 0 rings (SSSR count). The average Bonchev–Trinajstić information content (AvgIpc) is 2.87. The van der Waals surface area contributed by atoms with Crippen LogP contribution < -0.4 is 27.4 Å². The third kappa shape index (κ3) is 17.2. The van der Waals surface area contributed by atoms with Crippen LogP contribution >= 0.6 is 21.6 Å². The molecule has 0 aromatic heterocycles. The summed E-state index contributed by atoms with van der Waals surface area (Å²) in [5.74, 6) is -9.23. The lowest BCUT2D eigenvalue weighted by Crippen LogP contribution is -2.49. The van der Waals surface area contributed by atoms with Crippen LogP contribution in [0.25, 0.3) is 0 Å². The van der Waals surface area contributed by atoms with E-state index in [0.29, 0.717) is 0 Å². The predicted molar refractivity (Wildman–Crippen MR) is 141 cm³/mol. The summed E-state index contributed by atoms with van der Waals surface area (Å²) in [6, 6.07) is -3.82. The van der Waals surface area contributed by atoms with Crippen LogP contribution in [-0.2, 0) is 38.4 Å². The monoisotopic (exact) mass is 611 g/mol. The minimum absolute atomic E-state index is 0.0439. The Balaban J connectivity index is 5.18. The van der Waals surface area contributed by atoms with Crippen LogP contribution in [0.1, 0.15) is 32.1 Å². The predicted octanol–water partition coefficient (Wildman–Crippen LogP) is -2.79. The quantitative estimate of drug-likeness (QED) is 0.0441. The largest absolute Gasteiger partial charge is 0.480 e. The molecular weight excluding hydrogens is 578 g/mol. The Kier molecular flexibility index (Phi) is 17.9. The first kappa shape index (κ1) is 36.6. The molecule has 0 radical (unpaired) electrons. The number of nitrogens with two attached hydrogens (primary N) is 2. The molecule has 19 heteroatoms. The molecule has 3 amide bonds. The van der Waals surface area contributed by atoms with Crippen LogP contribution in [0.5, 0.6) is 0 Å². The van der Waals surface area contributed by atoms with Gasteiger partial charge in [-0.25, -0.2) is 0 Å². The molecule has 17 nitrogen and oxygen atoms in total. The van der Waals surface area contributed by atoms with Crippen LogP contribution in [0, 0.1) is 5.92 Å². The summed E-state index contributed by atoms with van der Waals surface area (Å²) in [5.41, 5.74) is 10.7. The van der Waals surface area contributed by atoms with Gasteiger partial charge < -0.3 is 47.8 Å². The lowest BCUT2D eigenvalue weighted by atomic mass is 9.99. The first-order valence-corrected chi connectivity index (χ1v) is 14.1. The highest BCUT2D eigenvalue weighted by Crippen LogP contribution is 2.27. The van der Waals surface area contributed by atoms with Gasteiger partial charge in [-0.2, -0.15) is 0 Å². The number of carboxylic acids is 4. The molecule has 0 saturated heterocycles. The maximum absolute atomic E-state index is 12.4. The number of Topliss-reactive ketones (excluding diaryl/α,β-unsaturated/α-hetero) is 1. The number of aliphatic carboxylic acids is 4. The van der Waals surface area contributed by atoms with Crippen molar-refractivity contribution in [3.8, 4) is 0 Å². The fourth-order valence-electron chi connectivity index (χ4n) is 2.74. The molecular formula is C21H33N5O12S2. The smallest absolute Gasteiger partial charge is 0.322 e. The third-order valence-electron chi connectivity index (χ3n) is 4.96. The number of amides is 3. The Bertz CT molecular complexity index is 877. The summed E-state index contributed by atoms with van der Waals surface area (Å²) in [4.78, 5) is 92.5. The van der Waals surface area contributed by atoms with Crippen molar-refractivity contribution in [3.05, 3.63) is 0 Å². The lowest BCUT2D eigenvalue weighted by Gasteiger charge is -2.19. The van der Waals surface area contributed by atoms with E-state index in [2.05, 4.69) is 16.0 Å². The van der Waals surface area contributed by atoms with Crippen molar-refractivity contribution in [2.45, 2.75) is 50.2 Å². The van der Waals surface area contributed by atoms with Gasteiger partial charge in [-0.15, -0.1) is 0 Å². The van der Waals surface area contributed by atoms with Crippen molar-refractivity contribution in [2.75, 3.05) is 24.6 Å². The van der Waals surface area contributed by atoms with E-state index in [4.69, 9.17) is 31.9 Å². The minimum atomic E-state index is -1.34. The zero-order chi connectivity index (χ0) is 30.8. The Labute approximate surface area is 235 Å². The number of ketones is 1. The van der Waals surface area contributed by atoms with Crippen molar-refractivity contribution < 1.29 is 58.8 Å². The molecule has 0 aliphatic carbocycles. The molecule has 0 heterocycles. The summed E-state index contributed by atoms with van der Waals surface area (Å²) >= 11 is 0. The van der Waals surface area contributed by atoms with E-state index in [1.165, 1.54) is 0 Å². The van der Waals surface area contributed by atoms with Crippen LogP contribution in [0.4, 0.5) is 0 Å². The second kappa shape index (κ2) is 19.6. The summed E-state index contributed by atoms with van der Waals surface area (Å²) in [6.07, 6.45) is -1.27. The molecule has 0 saturated carbocycles. The topological polar surface area (TPSA) is 306 Å². The van der Waals surface area contributed by atoms with Gasteiger partial charge in [-0.3, -0.25) is 38.4 Å². The first-order valence-electron chi connectivity index (χ1n) is 11.6. The molecule has 226 valence electrons. The van der Waals surface area contributed by atoms with Crippen LogP contribution in [0.2, 0.25) is 0 Å². The van der Waals surface area contributed by atoms with E-state index in [-0.39, 0.29) is 43.6 Å². The highest BCUT2D eigenvalue weighted by molar-refractivity contribution is 8.76. The van der Waals surface area contributed by atoms with Gasteiger partial charge in [0.2, 0.25) is 17.7 Å². The normalized spacial score (nSPS) is 13.7. The number of carbonyl (C=O) groups excluding carboxylic acids is 4. The van der Waals surface area contributed by atoms with Gasteiger partial charge in [-0.1, -0.05) is 21.6 Å². The lowest BCUT2D eigenvalue weighted by molar-refractivity contribution is -0.140. The molecule has 0 aromatic rings. The summed E-state index contributed by atoms with van der Waals surface area (Å²) < 4.78 is 0. The van der Waals surface area contributed by atoms with E-state index in [1.54, 1.807) is 0 Å². The van der Waals surface area contributed by atoms with E-state index >= 15 is 0 Å². The van der Waals surface area contributed by atoms with Crippen molar-refractivity contribution in [3.63, 3.8) is 0 Å². The highest BCUT2D eigenvalue weighted by Gasteiger charge is 2.26. The average molecular weight is 612 g/mol. The molecule has 0 aliphatic heterocycles. The first-order chi connectivity index (χ1) is 18.6. The van der Waals surface area contributed by atoms with E-state index < -0.39 is 84.5 Å². The third-order valence-corrected chi connectivity index (χ3v) is 7.45. The van der Waals surface area contributed by atoms with Gasteiger partial charge >= 0.3 is 23.9 Å². The molecule has 11 N–H and O–H groups in total. The number of carbonyl (C=O) groups is 8. The second-order valence-corrected chi connectivity index (χ2v) is 10.9. The van der Waals surface area contributed by atoms with Gasteiger partial charge in [-0.05, 0) is 12.8 Å². The SMILES string of the molecule is N[C@H](CCC(=O)C[C@H](CSSC[C@@H](NC(=O)CC[C@@H](N)C(=O)O)C(=O)NCC(=O)O)C(=O)NCC(=O)O)C(=O)O. The van der Waals surface area contributed by atoms with Crippen molar-refractivity contribution in [2.24, 2.45) is 17.4 Å². The molecule has 0 bridgehead atoms. The Morgan fingerprint density at radius 3 is 1.65 bits per heavy atom. The van der Waals surface area contributed by atoms with Crippen LogP contribution in [0.15, 0.2) is 0 Å². The highest BCUT2D eigenvalue weighted by atomic mass is 33.1.